The van der Waals surface area contributed by atoms with Gasteiger partial charge in [0.1, 0.15) is 0 Å². The summed E-state index contributed by atoms with van der Waals surface area (Å²) in [5.41, 5.74) is 8.16. The molecule has 7 heteroatoms. The van der Waals surface area contributed by atoms with Gasteiger partial charge in [-0.3, -0.25) is 9.59 Å². The molecule has 52 valence electrons. The van der Waals surface area contributed by atoms with Crippen molar-refractivity contribution in [1.82, 2.24) is 5.43 Å². The maximum absolute atomic E-state index is 10.3. The second-order valence-corrected chi connectivity index (χ2v) is 1.44. The van der Waals surface area contributed by atoms with E-state index in [1.54, 1.807) is 5.43 Å². The molecule has 0 aliphatic carbocycles. The molecule has 0 saturated carbocycles. The van der Waals surface area contributed by atoms with Crippen molar-refractivity contribution in [3.05, 3.63) is 0 Å². The Morgan fingerprint density at radius 1 is 1.40 bits per heavy atom. The average molecular weight is 144 g/mol. The summed E-state index contributed by atoms with van der Waals surface area (Å²) in [5, 5.41) is 0. The van der Waals surface area contributed by atoms with Gasteiger partial charge in [0.15, 0.2) is 0 Å². The summed E-state index contributed by atoms with van der Waals surface area (Å²) in [7, 11) is 0. The molecule has 1 fully saturated rings. The number of nitrogens with zero attached hydrogens (tertiary/aromatic N) is 1. The molecule has 1 aliphatic rings. The molecule has 2 N–H and O–H groups in total. The fourth-order valence-electron chi connectivity index (χ4n) is 0.383. The van der Waals surface area contributed by atoms with Crippen molar-refractivity contribution in [2.45, 2.75) is 0 Å². The van der Waals surface area contributed by atoms with E-state index < -0.39 is 17.7 Å². The number of hydrogen-bond acceptors (Lipinski definition) is 5. The van der Waals surface area contributed by atoms with E-state index in [0.29, 0.717) is 0 Å². The summed E-state index contributed by atoms with van der Waals surface area (Å²) in [4.78, 5) is 34.7. The molecule has 1 aliphatic heterocycles. The minimum atomic E-state index is -1.35. The minimum Gasteiger partial charge on any atom is -0.275 e. The first-order valence-corrected chi connectivity index (χ1v) is 2.20. The van der Waals surface area contributed by atoms with Crippen molar-refractivity contribution in [1.29, 1.82) is 5.53 Å². The third-order valence-corrected chi connectivity index (χ3v) is 0.769. The second-order valence-electron chi connectivity index (χ2n) is 1.44. The van der Waals surface area contributed by atoms with E-state index in [1.807, 2.05) is 0 Å². The Morgan fingerprint density at radius 3 is 2.50 bits per heavy atom. The van der Waals surface area contributed by atoms with Crippen LogP contribution in [0.3, 0.4) is 0 Å². The SMILES string of the molecule is N=[N+]1NC(=O)C(=O)C(=O)O1. The van der Waals surface area contributed by atoms with Crippen molar-refractivity contribution >= 4 is 17.7 Å². The van der Waals surface area contributed by atoms with Gasteiger partial charge in [-0.05, 0) is 5.43 Å². The fourth-order valence-corrected chi connectivity index (χ4v) is 0.383. The van der Waals surface area contributed by atoms with Crippen LogP contribution in [0.15, 0.2) is 0 Å². The molecule has 1 heterocycles. The van der Waals surface area contributed by atoms with Crippen LogP contribution >= 0.6 is 0 Å². The van der Waals surface area contributed by atoms with Crippen LogP contribution in [-0.4, -0.2) is 22.6 Å². The number of carbonyl (C=O) groups is 3. The highest BCUT2D eigenvalue weighted by Crippen LogP contribution is 1.88. The predicted molar refractivity (Wildman–Crippen MR) is 22.2 cm³/mol. The number of rotatable bonds is 0. The standard InChI is InChI=1S/C3HN3O4/c4-6-5-2(8)1(7)3(9)10-6/h(H-,4,5,8)/p+1. The maximum atomic E-state index is 10.3. The van der Waals surface area contributed by atoms with E-state index in [2.05, 4.69) is 4.84 Å². The Morgan fingerprint density at radius 2 is 2.00 bits per heavy atom. The Labute approximate surface area is 54.0 Å². The highest BCUT2D eigenvalue weighted by Gasteiger charge is 2.38. The second kappa shape index (κ2) is 1.87. The molecule has 0 bridgehead atoms. The van der Waals surface area contributed by atoms with Gasteiger partial charge in [0.05, 0.1) is 0 Å². The van der Waals surface area contributed by atoms with Crippen molar-refractivity contribution in [2.24, 2.45) is 0 Å². The summed E-state index contributed by atoms with van der Waals surface area (Å²) in [5.74, 6) is -3.81. The van der Waals surface area contributed by atoms with Gasteiger partial charge in [0, 0.05) is 5.53 Å². The largest absolute Gasteiger partial charge is 0.463 e. The quantitative estimate of drug-likeness (QED) is 0.306. The topological polar surface area (TPSA) is 99.3 Å². The van der Waals surface area contributed by atoms with E-state index in [0.717, 1.165) is 0 Å². The number of carbonyl (C=O) groups excluding carboxylic acids is 3. The molecule has 0 aromatic rings. The lowest BCUT2D eigenvalue weighted by Crippen LogP contribution is -2.49. The van der Waals surface area contributed by atoms with E-state index in [-0.39, 0.29) is 4.97 Å². The first-order valence-electron chi connectivity index (χ1n) is 2.20. The molecule has 0 atom stereocenters. The lowest BCUT2D eigenvalue weighted by Gasteiger charge is -1.99. The summed E-state index contributed by atoms with van der Waals surface area (Å²) in [6.07, 6.45) is 0. The van der Waals surface area contributed by atoms with Gasteiger partial charge in [-0.2, -0.15) is 0 Å². The van der Waals surface area contributed by atoms with E-state index in [4.69, 9.17) is 5.53 Å². The van der Waals surface area contributed by atoms with Crippen LogP contribution in [0.25, 0.3) is 0 Å². The maximum Gasteiger partial charge on any atom is 0.463 e. The normalized spacial score (nSPS) is 18.4. The zero-order valence-corrected chi connectivity index (χ0v) is 4.58. The number of amides is 1. The molecule has 0 aromatic carbocycles. The Balaban J connectivity index is 2.86. The average Bonchev–Trinajstić information content (AvgIpc) is 1.82. The summed E-state index contributed by atoms with van der Waals surface area (Å²) in [6.45, 7) is 0. The first kappa shape index (κ1) is 6.33. The van der Waals surface area contributed by atoms with Gasteiger partial charge < -0.3 is 0 Å². The van der Waals surface area contributed by atoms with Crippen molar-refractivity contribution in [3.8, 4) is 0 Å². The van der Waals surface area contributed by atoms with E-state index >= 15 is 0 Å². The molecule has 1 amide bonds. The molecule has 10 heavy (non-hydrogen) atoms. The Kier molecular flexibility index (Phi) is 1.18. The van der Waals surface area contributed by atoms with Crippen LogP contribution < -0.4 is 5.43 Å². The Bertz CT molecular complexity index is 222. The predicted octanol–water partition coefficient (Wildman–Crippen LogP) is -1.90. The highest BCUT2D eigenvalue weighted by atomic mass is 16.7. The van der Waals surface area contributed by atoms with Crippen LogP contribution in [0.4, 0.5) is 0 Å². The molecule has 0 radical (unpaired) electrons. The molecule has 1 rings (SSSR count). The minimum absolute atomic E-state index is 0.0199. The van der Waals surface area contributed by atoms with Crippen LogP contribution in [-0.2, 0) is 19.2 Å². The molecule has 0 aromatic heterocycles. The summed E-state index contributed by atoms with van der Waals surface area (Å²) >= 11 is 0. The Hall–Kier alpha value is -1.79. The number of Topliss-reactive ketones (excluding diaryl/α,β-unsaturated/α-hetero) is 1. The van der Waals surface area contributed by atoms with Crippen molar-refractivity contribution in [2.75, 3.05) is 0 Å². The van der Waals surface area contributed by atoms with Gasteiger partial charge in [-0.1, -0.05) is 0 Å². The van der Waals surface area contributed by atoms with Gasteiger partial charge in [-0.25, -0.2) is 4.79 Å². The monoisotopic (exact) mass is 144 g/mol. The summed E-state index contributed by atoms with van der Waals surface area (Å²) in [6, 6.07) is 0. The lowest BCUT2D eigenvalue weighted by molar-refractivity contribution is -0.858. The zero-order valence-electron chi connectivity index (χ0n) is 4.58. The molecular formula is C3H2N3O4+. The van der Waals surface area contributed by atoms with Crippen LogP contribution in [0, 0.1) is 5.53 Å². The van der Waals surface area contributed by atoms with E-state index in [1.165, 1.54) is 0 Å². The molecule has 1 saturated heterocycles. The smallest absolute Gasteiger partial charge is 0.275 e. The molecule has 0 spiro atoms. The highest BCUT2D eigenvalue weighted by molar-refractivity contribution is 6.61. The van der Waals surface area contributed by atoms with Crippen molar-refractivity contribution < 1.29 is 24.2 Å². The number of hydrogen-bond donors (Lipinski definition) is 2. The third kappa shape index (κ3) is 0.835. The number of ketones is 1. The lowest BCUT2D eigenvalue weighted by atomic mass is 10.4. The first-order chi connectivity index (χ1) is 4.61. The fraction of sp³-hybridized carbons (Fsp3) is 0. The van der Waals surface area contributed by atoms with Crippen LogP contribution in [0.2, 0.25) is 0 Å². The van der Waals surface area contributed by atoms with Gasteiger partial charge in [0.2, 0.25) is 4.97 Å². The summed E-state index contributed by atoms with van der Waals surface area (Å²) < 4.78 is 0. The van der Waals surface area contributed by atoms with E-state index in [9.17, 15) is 14.4 Å². The molecule has 0 unspecified atom stereocenters. The molecule has 7 nitrogen and oxygen atoms in total. The van der Waals surface area contributed by atoms with Gasteiger partial charge in [-0.15, -0.1) is 4.84 Å². The van der Waals surface area contributed by atoms with Gasteiger partial charge >= 0.3 is 17.7 Å². The number of nitrogens with one attached hydrogen (secondary N) is 2. The molecular weight excluding hydrogens is 142 g/mol. The van der Waals surface area contributed by atoms with Crippen LogP contribution in [0.1, 0.15) is 0 Å². The zero-order chi connectivity index (χ0) is 7.72. The number of hydrazine groups is 1. The van der Waals surface area contributed by atoms with Crippen LogP contribution in [0.5, 0.6) is 0 Å². The van der Waals surface area contributed by atoms with Crippen molar-refractivity contribution in [3.63, 3.8) is 0 Å². The van der Waals surface area contributed by atoms with Gasteiger partial charge in [0.25, 0.3) is 0 Å². The third-order valence-electron chi connectivity index (χ3n) is 0.769.